The molecule has 1 aromatic carbocycles. The van der Waals surface area contributed by atoms with Crippen molar-refractivity contribution in [3.63, 3.8) is 0 Å². The van der Waals surface area contributed by atoms with Gasteiger partial charge >= 0.3 is 0 Å². The lowest BCUT2D eigenvalue weighted by Gasteiger charge is -2.34. The maximum atomic E-state index is 4.55. The molecule has 0 spiro atoms. The Labute approximate surface area is 146 Å². The molecule has 1 fully saturated rings. The zero-order valence-electron chi connectivity index (χ0n) is 11.9. The first-order valence-electron chi connectivity index (χ1n) is 6.72. The van der Waals surface area contributed by atoms with E-state index in [0.29, 0.717) is 6.04 Å². The lowest BCUT2D eigenvalue weighted by atomic mass is 10.1. The van der Waals surface area contributed by atoms with Gasteiger partial charge in [-0.3, -0.25) is 9.88 Å². The topological polar surface area (TPSA) is 28.2 Å². The molecule has 3 nitrogen and oxygen atoms in total. The number of piperazine rings is 1. The van der Waals surface area contributed by atoms with Crippen LogP contribution in [0, 0.1) is 0 Å². The van der Waals surface area contributed by atoms with E-state index in [-0.39, 0.29) is 24.8 Å². The first kappa shape index (κ1) is 18.7. The van der Waals surface area contributed by atoms with Crippen molar-refractivity contribution in [3.8, 4) is 0 Å². The molecule has 1 N–H and O–H groups in total. The summed E-state index contributed by atoms with van der Waals surface area (Å²) in [5.74, 6) is 0. The number of benzene rings is 1. The fourth-order valence-corrected chi connectivity index (χ4v) is 3.21. The summed E-state index contributed by atoms with van der Waals surface area (Å²) in [7, 11) is 0. The predicted octanol–water partition coefficient (Wildman–Crippen LogP) is 3.63. The summed E-state index contributed by atoms with van der Waals surface area (Å²) in [6, 6.07) is 9.02. The predicted molar refractivity (Wildman–Crippen MR) is 96.7 cm³/mol. The number of hydrogen-bond donors (Lipinski definition) is 1. The molecule has 0 aliphatic carbocycles. The Hall–Kier alpha value is -0.390. The minimum Gasteiger partial charge on any atom is -0.314 e. The summed E-state index contributed by atoms with van der Waals surface area (Å²) in [6.45, 7) is 6.49. The van der Waals surface area contributed by atoms with Gasteiger partial charge < -0.3 is 5.32 Å². The summed E-state index contributed by atoms with van der Waals surface area (Å²) < 4.78 is 1.13. The van der Waals surface area contributed by atoms with Crippen molar-refractivity contribution in [1.29, 1.82) is 0 Å². The molecule has 2 aromatic rings. The molecule has 0 unspecified atom stereocenters. The lowest BCUT2D eigenvalue weighted by Crippen LogP contribution is -2.49. The van der Waals surface area contributed by atoms with Crippen LogP contribution in [0.3, 0.4) is 0 Å². The Kier molecular flexibility index (Phi) is 7.37. The van der Waals surface area contributed by atoms with E-state index in [1.165, 1.54) is 10.9 Å². The molecule has 1 saturated heterocycles. The molecule has 0 radical (unpaired) electrons. The van der Waals surface area contributed by atoms with Gasteiger partial charge in [-0.2, -0.15) is 0 Å². The van der Waals surface area contributed by atoms with E-state index in [1.54, 1.807) is 0 Å². The molecule has 6 heteroatoms. The smallest absolute Gasteiger partial charge is 0.0747 e. The van der Waals surface area contributed by atoms with E-state index in [1.807, 2.05) is 12.3 Å². The van der Waals surface area contributed by atoms with Gasteiger partial charge in [-0.05, 0) is 30.7 Å². The molecule has 1 aliphatic heterocycles. The molecule has 0 saturated carbocycles. The van der Waals surface area contributed by atoms with Crippen LogP contribution >= 0.6 is 40.7 Å². The van der Waals surface area contributed by atoms with Crippen LogP contribution in [0.5, 0.6) is 0 Å². The fraction of sp³-hybridized carbons (Fsp3) is 0.400. The third-order valence-electron chi connectivity index (χ3n) is 3.76. The first-order chi connectivity index (χ1) is 9.24. The standard InChI is InChI=1S/C15H18BrN3.2ClH/c1-11-9-17-5-6-19(11)10-13-8-14(16)7-12-3-2-4-18-15(12)13;;/h2-4,7-8,11,17H,5-6,9-10H2,1H3;2*1H/t11-;;/m0../s1. The summed E-state index contributed by atoms with van der Waals surface area (Å²) >= 11 is 3.60. The Bertz CT molecular complexity index is 594. The second-order valence-corrected chi connectivity index (χ2v) is 6.08. The van der Waals surface area contributed by atoms with E-state index in [4.69, 9.17) is 0 Å². The zero-order chi connectivity index (χ0) is 13.2. The zero-order valence-corrected chi connectivity index (χ0v) is 15.1. The van der Waals surface area contributed by atoms with Crippen LogP contribution in [0.4, 0.5) is 0 Å². The second-order valence-electron chi connectivity index (χ2n) is 5.16. The van der Waals surface area contributed by atoms with Crippen LogP contribution in [0.1, 0.15) is 12.5 Å². The highest BCUT2D eigenvalue weighted by atomic mass is 79.9. The number of nitrogens with one attached hydrogen (secondary N) is 1. The van der Waals surface area contributed by atoms with Gasteiger partial charge in [-0.15, -0.1) is 24.8 Å². The maximum Gasteiger partial charge on any atom is 0.0747 e. The summed E-state index contributed by atoms with van der Waals surface area (Å²) in [5, 5.41) is 4.64. The van der Waals surface area contributed by atoms with Gasteiger partial charge in [0.05, 0.1) is 5.52 Å². The van der Waals surface area contributed by atoms with Gasteiger partial charge in [0, 0.05) is 48.3 Å². The lowest BCUT2D eigenvalue weighted by molar-refractivity contribution is 0.166. The molecule has 1 atom stereocenters. The van der Waals surface area contributed by atoms with E-state index in [0.717, 1.165) is 36.2 Å². The van der Waals surface area contributed by atoms with E-state index in [9.17, 15) is 0 Å². The molecule has 0 amide bonds. The van der Waals surface area contributed by atoms with Crippen molar-refractivity contribution in [1.82, 2.24) is 15.2 Å². The molecule has 0 bridgehead atoms. The number of halogens is 3. The van der Waals surface area contributed by atoms with Crippen LogP contribution in [-0.4, -0.2) is 35.6 Å². The van der Waals surface area contributed by atoms with Crippen LogP contribution < -0.4 is 5.32 Å². The minimum atomic E-state index is 0. The highest BCUT2D eigenvalue weighted by molar-refractivity contribution is 9.10. The highest BCUT2D eigenvalue weighted by Crippen LogP contribution is 2.24. The van der Waals surface area contributed by atoms with Gasteiger partial charge in [0.1, 0.15) is 0 Å². The van der Waals surface area contributed by atoms with Crippen molar-refractivity contribution in [2.45, 2.75) is 19.5 Å². The molecule has 1 aromatic heterocycles. The third-order valence-corrected chi connectivity index (χ3v) is 4.22. The van der Waals surface area contributed by atoms with Gasteiger partial charge in [-0.25, -0.2) is 0 Å². The molecule has 21 heavy (non-hydrogen) atoms. The van der Waals surface area contributed by atoms with Gasteiger partial charge in [-0.1, -0.05) is 22.0 Å². The third kappa shape index (κ3) is 4.30. The summed E-state index contributed by atoms with van der Waals surface area (Å²) in [6.07, 6.45) is 1.88. The molecule has 1 aliphatic rings. The number of hydrogen-bond acceptors (Lipinski definition) is 3. The first-order valence-corrected chi connectivity index (χ1v) is 7.51. The van der Waals surface area contributed by atoms with Crippen molar-refractivity contribution in [2.75, 3.05) is 19.6 Å². The van der Waals surface area contributed by atoms with Crippen molar-refractivity contribution < 1.29 is 0 Å². The van der Waals surface area contributed by atoms with E-state index in [2.05, 4.69) is 56.3 Å². The van der Waals surface area contributed by atoms with Gasteiger partial charge in [0.25, 0.3) is 0 Å². The molecular weight excluding hydrogens is 373 g/mol. The van der Waals surface area contributed by atoms with Crippen LogP contribution in [0.25, 0.3) is 10.9 Å². The normalized spacial score (nSPS) is 18.9. The van der Waals surface area contributed by atoms with Crippen molar-refractivity contribution in [3.05, 3.63) is 40.5 Å². The van der Waals surface area contributed by atoms with E-state index < -0.39 is 0 Å². The largest absolute Gasteiger partial charge is 0.314 e. The maximum absolute atomic E-state index is 4.55. The van der Waals surface area contributed by atoms with Gasteiger partial charge in [0.15, 0.2) is 0 Å². The Morgan fingerprint density at radius 2 is 2.19 bits per heavy atom. The molecule has 116 valence electrons. The quantitative estimate of drug-likeness (QED) is 0.845. The summed E-state index contributed by atoms with van der Waals surface area (Å²) in [5.41, 5.74) is 2.43. The summed E-state index contributed by atoms with van der Waals surface area (Å²) in [4.78, 5) is 7.07. The number of pyridine rings is 1. The van der Waals surface area contributed by atoms with Crippen LogP contribution in [0.15, 0.2) is 34.9 Å². The number of aromatic nitrogens is 1. The number of fused-ring (bicyclic) bond motifs is 1. The van der Waals surface area contributed by atoms with E-state index >= 15 is 0 Å². The molecule has 3 rings (SSSR count). The van der Waals surface area contributed by atoms with Crippen molar-refractivity contribution in [2.24, 2.45) is 0 Å². The number of nitrogens with zero attached hydrogens (tertiary/aromatic N) is 2. The SMILES string of the molecule is C[C@H]1CNCCN1Cc1cc(Br)cc2cccnc12.Cl.Cl. The Balaban J connectivity index is 0.00000110. The highest BCUT2D eigenvalue weighted by Gasteiger charge is 2.19. The second kappa shape index (κ2) is 8.30. The average Bonchev–Trinajstić information content (AvgIpc) is 2.41. The minimum absolute atomic E-state index is 0. The number of rotatable bonds is 2. The Morgan fingerprint density at radius 3 is 2.95 bits per heavy atom. The van der Waals surface area contributed by atoms with Crippen molar-refractivity contribution >= 4 is 51.6 Å². The van der Waals surface area contributed by atoms with Crippen LogP contribution in [-0.2, 0) is 6.54 Å². The monoisotopic (exact) mass is 391 g/mol. The average molecular weight is 393 g/mol. The van der Waals surface area contributed by atoms with Gasteiger partial charge in [0.2, 0.25) is 0 Å². The fourth-order valence-electron chi connectivity index (χ4n) is 2.68. The molecular formula is C15H20BrCl2N3. The molecule has 2 heterocycles. The Morgan fingerprint density at radius 1 is 1.38 bits per heavy atom. The van der Waals surface area contributed by atoms with Crippen LogP contribution in [0.2, 0.25) is 0 Å².